The Morgan fingerprint density at radius 3 is 2.00 bits per heavy atom. The van der Waals surface area contributed by atoms with Crippen molar-refractivity contribution in [1.29, 1.82) is 0 Å². The molecule has 1 N–H and O–H groups in total. The highest BCUT2D eigenvalue weighted by Gasteiger charge is 2.26. The molecule has 0 atom stereocenters. The van der Waals surface area contributed by atoms with Crippen LogP contribution in [-0.2, 0) is 5.41 Å². The highest BCUT2D eigenvalue weighted by atomic mass is 16.3. The lowest BCUT2D eigenvalue weighted by molar-refractivity contribution is 0.380. The van der Waals surface area contributed by atoms with Crippen molar-refractivity contribution in [2.45, 2.75) is 52.4 Å². The molecule has 0 fully saturated rings. The number of benzene rings is 1. The number of phenolic OH excluding ortho intramolecular Hbond substituents is 1. The molecule has 0 unspecified atom stereocenters. The summed E-state index contributed by atoms with van der Waals surface area (Å²) in [4.78, 5) is 0. The lowest BCUT2D eigenvalue weighted by Crippen LogP contribution is -2.23. The van der Waals surface area contributed by atoms with Crippen molar-refractivity contribution in [3.63, 3.8) is 0 Å². The maximum absolute atomic E-state index is 9.53. The highest BCUT2D eigenvalue weighted by molar-refractivity contribution is 5.38. The van der Waals surface area contributed by atoms with Crippen LogP contribution < -0.4 is 0 Å². The summed E-state index contributed by atoms with van der Waals surface area (Å²) in [5, 5.41) is 9.53. The average molecular weight is 206 g/mol. The van der Waals surface area contributed by atoms with Crippen molar-refractivity contribution in [2.75, 3.05) is 0 Å². The number of phenols is 1. The maximum Gasteiger partial charge on any atom is 0.118 e. The Hall–Kier alpha value is -0.980. The summed E-state index contributed by atoms with van der Waals surface area (Å²) < 4.78 is 0. The third-order valence-corrected chi connectivity index (χ3v) is 3.84. The Labute approximate surface area is 93.1 Å². The number of hydrogen-bond donors (Lipinski definition) is 1. The molecule has 0 amide bonds. The topological polar surface area (TPSA) is 20.2 Å². The molecular formula is C14H22O. The first kappa shape index (κ1) is 12.1. The lowest BCUT2D eigenvalue weighted by atomic mass is 9.73. The molecule has 1 aromatic rings. The van der Waals surface area contributed by atoms with E-state index in [-0.39, 0.29) is 0 Å². The van der Waals surface area contributed by atoms with Crippen molar-refractivity contribution in [3.8, 4) is 5.75 Å². The van der Waals surface area contributed by atoms with E-state index < -0.39 is 0 Å². The first-order valence-electron chi connectivity index (χ1n) is 5.89. The van der Waals surface area contributed by atoms with Gasteiger partial charge in [0.05, 0.1) is 0 Å². The van der Waals surface area contributed by atoms with Crippen LogP contribution in [0.2, 0.25) is 0 Å². The van der Waals surface area contributed by atoms with E-state index in [0.29, 0.717) is 11.2 Å². The molecule has 1 heteroatoms. The molecule has 1 aromatic carbocycles. The van der Waals surface area contributed by atoms with E-state index in [0.717, 1.165) is 24.8 Å². The Morgan fingerprint density at radius 2 is 1.60 bits per heavy atom. The number of hydrogen-bond acceptors (Lipinski definition) is 1. The van der Waals surface area contributed by atoms with E-state index >= 15 is 0 Å². The fraction of sp³-hybridized carbons (Fsp3) is 0.571. The van der Waals surface area contributed by atoms with Crippen molar-refractivity contribution >= 4 is 0 Å². The first-order chi connectivity index (χ1) is 7.09. The average Bonchev–Trinajstić information content (AvgIpc) is 2.26. The molecular weight excluding hydrogens is 184 g/mol. The summed E-state index contributed by atoms with van der Waals surface area (Å²) in [7, 11) is 0. The van der Waals surface area contributed by atoms with E-state index in [1.54, 1.807) is 0 Å². The Balaban J connectivity index is 3.17. The van der Waals surface area contributed by atoms with E-state index in [1.165, 1.54) is 5.56 Å². The second-order valence-corrected chi connectivity index (χ2v) is 4.34. The molecule has 0 heterocycles. The minimum Gasteiger partial charge on any atom is -0.508 e. The van der Waals surface area contributed by atoms with E-state index in [2.05, 4.69) is 32.9 Å². The van der Waals surface area contributed by atoms with Gasteiger partial charge in [0.1, 0.15) is 5.75 Å². The van der Waals surface area contributed by atoms with E-state index in [9.17, 15) is 5.11 Å². The summed E-state index contributed by atoms with van der Waals surface area (Å²) in [6, 6.07) is 6.02. The van der Waals surface area contributed by atoms with Gasteiger partial charge in [-0.15, -0.1) is 0 Å². The van der Waals surface area contributed by atoms with Crippen LogP contribution >= 0.6 is 0 Å². The standard InChI is InChI=1S/C14H22O/c1-5-14(6-2,7-3)12-8-9-13(15)11(4)10-12/h8-10,15H,5-7H2,1-4H3. The summed E-state index contributed by atoms with van der Waals surface area (Å²) in [5.41, 5.74) is 2.64. The molecule has 1 nitrogen and oxygen atoms in total. The van der Waals surface area contributed by atoms with Crippen LogP contribution in [0.1, 0.15) is 51.2 Å². The SMILES string of the molecule is CCC(CC)(CC)c1ccc(O)c(C)c1. The Bertz CT molecular complexity index is 316. The van der Waals surface area contributed by atoms with Crippen LogP contribution in [0.4, 0.5) is 0 Å². The predicted molar refractivity (Wildman–Crippen MR) is 65.4 cm³/mol. The van der Waals surface area contributed by atoms with Crippen molar-refractivity contribution in [1.82, 2.24) is 0 Å². The molecule has 0 aliphatic heterocycles. The third-order valence-electron chi connectivity index (χ3n) is 3.84. The zero-order valence-electron chi connectivity index (χ0n) is 10.3. The quantitative estimate of drug-likeness (QED) is 0.784. The van der Waals surface area contributed by atoms with Gasteiger partial charge in [-0.3, -0.25) is 0 Å². The molecule has 0 saturated heterocycles. The van der Waals surface area contributed by atoms with Crippen LogP contribution in [-0.4, -0.2) is 5.11 Å². The number of aryl methyl sites for hydroxylation is 1. The van der Waals surface area contributed by atoms with Crippen LogP contribution in [0.15, 0.2) is 18.2 Å². The molecule has 1 rings (SSSR count). The molecule has 0 saturated carbocycles. The van der Waals surface area contributed by atoms with Crippen LogP contribution in [0, 0.1) is 6.92 Å². The first-order valence-corrected chi connectivity index (χ1v) is 5.89. The smallest absolute Gasteiger partial charge is 0.118 e. The van der Waals surface area contributed by atoms with Gasteiger partial charge >= 0.3 is 0 Å². The second kappa shape index (κ2) is 4.69. The minimum atomic E-state index is 0.290. The van der Waals surface area contributed by atoms with Gasteiger partial charge < -0.3 is 5.11 Å². The maximum atomic E-state index is 9.53. The minimum absolute atomic E-state index is 0.290. The number of rotatable bonds is 4. The fourth-order valence-corrected chi connectivity index (χ4v) is 2.35. The van der Waals surface area contributed by atoms with Gasteiger partial charge in [-0.2, -0.15) is 0 Å². The van der Waals surface area contributed by atoms with Crippen molar-refractivity contribution in [3.05, 3.63) is 29.3 Å². The van der Waals surface area contributed by atoms with Crippen molar-refractivity contribution < 1.29 is 5.11 Å². The monoisotopic (exact) mass is 206 g/mol. The molecule has 84 valence electrons. The Morgan fingerprint density at radius 1 is 1.07 bits per heavy atom. The summed E-state index contributed by atoms with van der Waals surface area (Å²) in [6.45, 7) is 8.70. The zero-order valence-corrected chi connectivity index (χ0v) is 10.3. The van der Waals surface area contributed by atoms with Gasteiger partial charge in [-0.05, 0) is 48.8 Å². The van der Waals surface area contributed by atoms with Gasteiger partial charge in [-0.1, -0.05) is 32.9 Å². The zero-order chi connectivity index (χ0) is 11.5. The highest BCUT2D eigenvalue weighted by Crippen LogP contribution is 2.36. The third kappa shape index (κ3) is 2.17. The summed E-state index contributed by atoms with van der Waals surface area (Å²) in [5.74, 6) is 0.399. The van der Waals surface area contributed by atoms with Gasteiger partial charge in [0.25, 0.3) is 0 Å². The van der Waals surface area contributed by atoms with Crippen molar-refractivity contribution in [2.24, 2.45) is 0 Å². The summed E-state index contributed by atoms with van der Waals surface area (Å²) >= 11 is 0. The lowest BCUT2D eigenvalue weighted by Gasteiger charge is -2.31. The molecule has 0 aromatic heterocycles. The van der Waals surface area contributed by atoms with E-state index in [1.807, 2.05) is 13.0 Å². The molecule has 0 spiro atoms. The molecule has 0 aliphatic carbocycles. The van der Waals surface area contributed by atoms with E-state index in [4.69, 9.17) is 0 Å². The van der Waals surface area contributed by atoms with Crippen LogP contribution in [0.25, 0.3) is 0 Å². The van der Waals surface area contributed by atoms with Gasteiger partial charge in [0.15, 0.2) is 0 Å². The predicted octanol–water partition coefficient (Wildman–Crippen LogP) is 4.17. The number of aromatic hydroxyl groups is 1. The summed E-state index contributed by atoms with van der Waals surface area (Å²) in [6.07, 6.45) is 3.47. The van der Waals surface area contributed by atoms with Gasteiger partial charge in [0, 0.05) is 0 Å². The molecule has 0 bridgehead atoms. The second-order valence-electron chi connectivity index (χ2n) is 4.34. The molecule has 0 aliphatic rings. The fourth-order valence-electron chi connectivity index (χ4n) is 2.35. The van der Waals surface area contributed by atoms with Crippen LogP contribution in [0.3, 0.4) is 0 Å². The molecule has 15 heavy (non-hydrogen) atoms. The van der Waals surface area contributed by atoms with Crippen LogP contribution in [0.5, 0.6) is 5.75 Å². The Kier molecular flexibility index (Phi) is 3.78. The normalized spacial score (nSPS) is 11.7. The van der Waals surface area contributed by atoms with Gasteiger partial charge in [-0.25, -0.2) is 0 Å². The molecule has 0 radical (unpaired) electrons. The van der Waals surface area contributed by atoms with Gasteiger partial charge in [0.2, 0.25) is 0 Å². The largest absolute Gasteiger partial charge is 0.508 e.